The Morgan fingerprint density at radius 2 is 2.57 bits per heavy atom. The fraction of sp³-hybridized carbons (Fsp3) is 0. The molecule has 0 saturated carbocycles. The molecule has 0 radical (unpaired) electrons. The number of nitrogen functional groups attached to an aromatic ring is 1. The van der Waals surface area contributed by atoms with Crippen LogP contribution in [0.15, 0.2) is 12.5 Å². The second kappa shape index (κ2) is 1.14. The van der Waals surface area contributed by atoms with Gasteiger partial charge >= 0.3 is 0 Å². The van der Waals surface area contributed by atoms with Crippen LogP contribution >= 0.6 is 0 Å². The average molecular weight is 99.1 g/mol. The summed E-state index contributed by atoms with van der Waals surface area (Å²) < 4.78 is 0.750. The van der Waals surface area contributed by atoms with Crippen molar-refractivity contribution in [1.29, 1.82) is 0 Å². The van der Waals surface area contributed by atoms with E-state index in [1.54, 1.807) is 0 Å². The van der Waals surface area contributed by atoms with Crippen LogP contribution in [-0.2, 0) is 0 Å². The predicted molar refractivity (Wildman–Crippen MR) is 23.8 cm³/mol. The Morgan fingerprint density at radius 3 is 2.71 bits per heavy atom. The molecule has 1 aromatic heterocycles. The highest BCUT2D eigenvalue weighted by Crippen LogP contribution is 1.92. The van der Waals surface area contributed by atoms with E-state index < -0.39 is 0 Å². The van der Waals surface area contributed by atoms with Gasteiger partial charge in [-0.15, -0.1) is 0 Å². The molecule has 4 nitrogen and oxygen atoms in total. The van der Waals surface area contributed by atoms with Crippen molar-refractivity contribution in [3.63, 3.8) is 0 Å². The van der Waals surface area contributed by atoms with E-state index in [1.807, 2.05) is 0 Å². The molecule has 0 saturated heterocycles. The van der Waals surface area contributed by atoms with Gasteiger partial charge in [-0.2, -0.15) is 4.73 Å². The van der Waals surface area contributed by atoms with Crippen LogP contribution in [-0.4, -0.2) is 14.9 Å². The fourth-order valence-electron chi connectivity index (χ4n) is 0.299. The summed E-state index contributed by atoms with van der Waals surface area (Å²) in [7, 11) is 0. The monoisotopic (exact) mass is 99.0 g/mol. The van der Waals surface area contributed by atoms with E-state index in [4.69, 9.17) is 10.9 Å². The third-order valence-corrected chi connectivity index (χ3v) is 0.647. The zero-order chi connectivity index (χ0) is 5.28. The van der Waals surface area contributed by atoms with E-state index in [0.717, 1.165) is 4.73 Å². The quantitative estimate of drug-likeness (QED) is 0.439. The van der Waals surface area contributed by atoms with E-state index in [0.29, 0.717) is 0 Å². The lowest BCUT2D eigenvalue weighted by atomic mass is 10.8. The molecule has 3 N–H and O–H groups in total. The lowest BCUT2D eigenvalue weighted by Gasteiger charge is -1.86. The Hall–Kier alpha value is -1.19. The number of anilines is 1. The van der Waals surface area contributed by atoms with Gasteiger partial charge in [0.2, 0.25) is 0 Å². The van der Waals surface area contributed by atoms with Crippen LogP contribution in [0.5, 0.6) is 0 Å². The van der Waals surface area contributed by atoms with Gasteiger partial charge in [-0.3, -0.25) is 0 Å². The summed E-state index contributed by atoms with van der Waals surface area (Å²) >= 11 is 0. The first-order valence-corrected chi connectivity index (χ1v) is 1.78. The summed E-state index contributed by atoms with van der Waals surface area (Å²) in [5.41, 5.74) is 5.09. The Morgan fingerprint density at radius 1 is 1.86 bits per heavy atom. The Bertz CT molecular complexity index is 142. The molecule has 0 unspecified atom stereocenters. The summed E-state index contributed by atoms with van der Waals surface area (Å²) in [6.07, 6.45) is 2.58. The molecule has 1 heterocycles. The van der Waals surface area contributed by atoms with Crippen LogP contribution in [0.1, 0.15) is 0 Å². The summed E-state index contributed by atoms with van der Waals surface area (Å²) in [5.74, 6) is 0.250. The van der Waals surface area contributed by atoms with Crippen molar-refractivity contribution in [2.45, 2.75) is 0 Å². The summed E-state index contributed by atoms with van der Waals surface area (Å²) in [6.45, 7) is 0. The minimum atomic E-state index is 0.250. The van der Waals surface area contributed by atoms with Gasteiger partial charge in [0.25, 0.3) is 0 Å². The lowest BCUT2D eigenvalue weighted by Crippen LogP contribution is -1.93. The molecule has 0 fully saturated rings. The van der Waals surface area contributed by atoms with Crippen molar-refractivity contribution >= 4 is 5.82 Å². The maximum absolute atomic E-state index is 8.49. The smallest absolute Gasteiger partial charge is 0.159 e. The number of aromatic nitrogens is 2. The van der Waals surface area contributed by atoms with E-state index >= 15 is 0 Å². The third-order valence-electron chi connectivity index (χ3n) is 0.647. The second-order valence-electron chi connectivity index (χ2n) is 1.16. The van der Waals surface area contributed by atoms with Gasteiger partial charge in [0.05, 0.1) is 6.20 Å². The highest BCUT2D eigenvalue weighted by Gasteiger charge is 1.87. The molecule has 0 atom stereocenters. The van der Waals surface area contributed by atoms with Gasteiger partial charge in [-0.25, -0.2) is 4.98 Å². The molecular weight excluding hydrogens is 94.1 g/mol. The number of hydrogen-bond donors (Lipinski definition) is 2. The zero-order valence-corrected chi connectivity index (χ0v) is 3.57. The normalized spacial score (nSPS) is 9.14. The summed E-state index contributed by atoms with van der Waals surface area (Å²) in [6, 6.07) is 0. The molecular formula is C3H5N3O. The van der Waals surface area contributed by atoms with E-state index in [-0.39, 0.29) is 5.82 Å². The SMILES string of the molecule is Nc1cncn1O. The first kappa shape index (κ1) is 3.98. The molecule has 0 aliphatic rings. The predicted octanol–water partition coefficient (Wildman–Crippen LogP) is -0.297. The molecule has 1 rings (SSSR count). The Balaban J connectivity index is 3.12. The molecule has 1 aromatic rings. The van der Waals surface area contributed by atoms with Crippen molar-refractivity contribution in [2.75, 3.05) is 5.73 Å². The molecule has 7 heavy (non-hydrogen) atoms. The largest absolute Gasteiger partial charge is 0.425 e. The van der Waals surface area contributed by atoms with Crippen molar-refractivity contribution in [3.8, 4) is 0 Å². The number of imidazole rings is 1. The maximum atomic E-state index is 8.49. The highest BCUT2D eigenvalue weighted by atomic mass is 16.5. The van der Waals surface area contributed by atoms with Crippen LogP contribution < -0.4 is 5.73 Å². The third kappa shape index (κ3) is 0.489. The molecule has 38 valence electrons. The first-order chi connectivity index (χ1) is 3.30. The van der Waals surface area contributed by atoms with Crippen molar-refractivity contribution in [2.24, 2.45) is 0 Å². The minimum Gasteiger partial charge on any atom is -0.425 e. The standard InChI is InChI=1S/C3H5N3O/c4-3-1-5-2-6(3)7/h1-2,7H,4H2. The minimum absolute atomic E-state index is 0.250. The van der Waals surface area contributed by atoms with Gasteiger partial charge < -0.3 is 10.9 Å². The van der Waals surface area contributed by atoms with Gasteiger partial charge in [0.15, 0.2) is 5.82 Å². The molecule has 0 spiro atoms. The summed E-state index contributed by atoms with van der Waals surface area (Å²) in [5, 5.41) is 8.49. The number of nitrogens with two attached hydrogens (primary N) is 1. The number of nitrogens with zero attached hydrogens (tertiary/aromatic N) is 2. The van der Waals surface area contributed by atoms with Crippen LogP contribution in [0.3, 0.4) is 0 Å². The van der Waals surface area contributed by atoms with Crippen LogP contribution in [0.2, 0.25) is 0 Å². The molecule has 0 bridgehead atoms. The van der Waals surface area contributed by atoms with Gasteiger partial charge in [-0.05, 0) is 0 Å². The van der Waals surface area contributed by atoms with E-state index in [1.165, 1.54) is 12.5 Å². The fourth-order valence-corrected chi connectivity index (χ4v) is 0.299. The molecule has 0 aliphatic heterocycles. The van der Waals surface area contributed by atoms with Crippen molar-refractivity contribution in [1.82, 2.24) is 9.71 Å². The Kier molecular flexibility index (Phi) is 0.651. The van der Waals surface area contributed by atoms with E-state index in [9.17, 15) is 0 Å². The molecule has 0 aromatic carbocycles. The molecule has 0 amide bonds. The van der Waals surface area contributed by atoms with Gasteiger partial charge in [0.1, 0.15) is 6.33 Å². The van der Waals surface area contributed by atoms with Crippen LogP contribution in [0.4, 0.5) is 5.82 Å². The number of hydrogen-bond acceptors (Lipinski definition) is 3. The van der Waals surface area contributed by atoms with Gasteiger partial charge in [-0.1, -0.05) is 0 Å². The van der Waals surface area contributed by atoms with Crippen LogP contribution in [0, 0.1) is 0 Å². The van der Waals surface area contributed by atoms with Crippen LogP contribution in [0.25, 0.3) is 0 Å². The lowest BCUT2D eigenvalue weighted by molar-refractivity contribution is 0.192. The maximum Gasteiger partial charge on any atom is 0.159 e. The Labute approximate surface area is 40.2 Å². The first-order valence-electron chi connectivity index (χ1n) is 1.78. The number of rotatable bonds is 0. The molecule has 4 heteroatoms. The highest BCUT2D eigenvalue weighted by molar-refractivity contribution is 5.22. The van der Waals surface area contributed by atoms with Crippen molar-refractivity contribution in [3.05, 3.63) is 12.5 Å². The van der Waals surface area contributed by atoms with Gasteiger partial charge in [0, 0.05) is 0 Å². The topological polar surface area (TPSA) is 64.1 Å². The summed E-state index contributed by atoms with van der Waals surface area (Å²) in [4.78, 5) is 3.51. The zero-order valence-electron chi connectivity index (χ0n) is 3.57. The van der Waals surface area contributed by atoms with E-state index in [2.05, 4.69) is 4.98 Å². The second-order valence-corrected chi connectivity index (χ2v) is 1.16. The molecule has 0 aliphatic carbocycles. The average Bonchev–Trinajstić information content (AvgIpc) is 1.91. The van der Waals surface area contributed by atoms with Crippen molar-refractivity contribution < 1.29 is 5.21 Å².